The highest BCUT2D eigenvalue weighted by molar-refractivity contribution is 6.11. The summed E-state index contributed by atoms with van der Waals surface area (Å²) < 4.78 is 13.8. The van der Waals surface area contributed by atoms with Gasteiger partial charge in [0, 0.05) is 16.3 Å². The Morgan fingerprint density at radius 2 is 1.58 bits per heavy atom. The van der Waals surface area contributed by atoms with Crippen LogP contribution in [0.1, 0.15) is 28.0 Å². The molecule has 3 N–H and O–H groups in total. The Morgan fingerprint density at radius 3 is 2.16 bits per heavy atom. The Morgan fingerprint density at radius 1 is 0.968 bits per heavy atom. The fraction of sp³-hybridized carbons (Fsp3) is 0.120. The van der Waals surface area contributed by atoms with Crippen molar-refractivity contribution < 1.29 is 19.1 Å². The van der Waals surface area contributed by atoms with Crippen molar-refractivity contribution in [3.05, 3.63) is 102 Å². The number of carbonyl (C=O) groups excluding carboxylic acids is 1. The van der Waals surface area contributed by atoms with Crippen molar-refractivity contribution in [1.82, 2.24) is 4.98 Å². The number of carboxylic acids is 1. The zero-order valence-corrected chi connectivity index (χ0v) is 16.4. The molecule has 0 spiro atoms. The van der Waals surface area contributed by atoms with E-state index in [0.29, 0.717) is 17.3 Å². The van der Waals surface area contributed by atoms with E-state index in [-0.39, 0.29) is 23.2 Å². The highest BCUT2D eigenvalue weighted by Crippen LogP contribution is 2.59. The van der Waals surface area contributed by atoms with Gasteiger partial charge in [0.05, 0.1) is 11.6 Å². The number of benzene rings is 3. The van der Waals surface area contributed by atoms with E-state index in [0.717, 1.165) is 11.1 Å². The first-order chi connectivity index (χ1) is 15.0. The normalized spacial score (nSPS) is 16.7. The Labute approximate surface area is 177 Å². The fourth-order valence-corrected chi connectivity index (χ4v) is 4.52. The van der Waals surface area contributed by atoms with Crippen molar-refractivity contribution in [2.24, 2.45) is 5.92 Å². The van der Waals surface area contributed by atoms with E-state index in [4.69, 9.17) is 0 Å². The molecule has 1 heterocycles. The van der Waals surface area contributed by atoms with Crippen molar-refractivity contribution in [3.63, 3.8) is 0 Å². The highest BCUT2D eigenvalue weighted by atomic mass is 19.1. The lowest BCUT2D eigenvalue weighted by Gasteiger charge is -2.19. The van der Waals surface area contributed by atoms with Gasteiger partial charge in [-0.1, -0.05) is 60.7 Å². The second-order valence-corrected chi connectivity index (χ2v) is 7.82. The molecule has 3 aromatic carbocycles. The standard InChI is InChI=1S/C25H19FN2O3/c26-17-11-12-20-18(13-17)21(22(27-20)24(30)31)28-23(29)19-14-25(19,15-7-3-1-4-8-15)16-9-5-2-6-10-16/h1-13,19,27H,14H2,(H,28,29)(H,30,31)/t19-/m1/s1. The molecule has 5 nitrogen and oxygen atoms in total. The van der Waals surface area contributed by atoms with Crippen LogP contribution in [0, 0.1) is 11.7 Å². The van der Waals surface area contributed by atoms with Gasteiger partial charge in [0.25, 0.3) is 0 Å². The number of aromatic nitrogens is 1. The van der Waals surface area contributed by atoms with Crippen LogP contribution in [0.15, 0.2) is 78.9 Å². The van der Waals surface area contributed by atoms with Crippen molar-refractivity contribution >= 4 is 28.5 Å². The largest absolute Gasteiger partial charge is 0.477 e. The molecule has 154 valence electrons. The monoisotopic (exact) mass is 414 g/mol. The summed E-state index contributed by atoms with van der Waals surface area (Å²) in [7, 11) is 0. The maximum atomic E-state index is 13.8. The number of aromatic amines is 1. The lowest BCUT2D eigenvalue weighted by molar-refractivity contribution is -0.117. The number of carboxylic acid groups (broad SMARTS) is 1. The number of aromatic carboxylic acids is 1. The molecular weight excluding hydrogens is 395 g/mol. The predicted molar refractivity (Wildman–Crippen MR) is 116 cm³/mol. The van der Waals surface area contributed by atoms with Crippen LogP contribution < -0.4 is 5.32 Å². The molecule has 1 atom stereocenters. The van der Waals surface area contributed by atoms with Crippen LogP contribution in [0.3, 0.4) is 0 Å². The summed E-state index contributed by atoms with van der Waals surface area (Å²) in [6.45, 7) is 0. The molecule has 0 bridgehead atoms. The summed E-state index contributed by atoms with van der Waals surface area (Å²) in [4.78, 5) is 27.8. The van der Waals surface area contributed by atoms with Gasteiger partial charge in [0.2, 0.25) is 5.91 Å². The van der Waals surface area contributed by atoms with Gasteiger partial charge in [-0.3, -0.25) is 4.79 Å². The molecule has 6 heteroatoms. The number of rotatable bonds is 5. The van der Waals surface area contributed by atoms with E-state index >= 15 is 0 Å². The number of fused-ring (bicyclic) bond motifs is 1. The summed E-state index contributed by atoms with van der Waals surface area (Å²) >= 11 is 0. The van der Waals surface area contributed by atoms with Crippen LogP contribution in [0.25, 0.3) is 10.9 Å². The number of amides is 1. The minimum absolute atomic E-state index is 0.0916. The molecule has 31 heavy (non-hydrogen) atoms. The van der Waals surface area contributed by atoms with Gasteiger partial charge in [-0.2, -0.15) is 0 Å². The number of anilines is 1. The van der Waals surface area contributed by atoms with Crippen molar-refractivity contribution in [2.75, 3.05) is 5.32 Å². The second kappa shape index (κ2) is 7.09. The van der Waals surface area contributed by atoms with Crippen LogP contribution in [0.5, 0.6) is 0 Å². The van der Waals surface area contributed by atoms with Gasteiger partial charge in [-0.25, -0.2) is 9.18 Å². The van der Waals surface area contributed by atoms with E-state index in [1.807, 2.05) is 60.7 Å². The van der Waals surface area contributed by atoms with Gasteiger partial charge in [-0.15, -0.1) is 0 Å². The van der Waals surface area contributed by atoms with E-state index < -0.39 is 17.2 Å². The summed E-state index contributed by atoms with van der Waals surface area (Å²) in [6.07, 6.45) is 0.603. The molecule has 1 fully saturated rings. The quantitative estimate of drug-likeness (QED) is 0.432. The summed E-state index contributed by atoms with van der Waals surface area (Å²) in [5.74, 6) is -2.40. The molecule has 0 saturated heterocycles. The average molecular weight is 414 g/mol. The molecule has 1 saturated carbocycles. The molecule has 0 radical (unpaired) electrons. The van der Waals surface area contributed by atoms with E-state index in [9.17, 15) is 19.1 Å². The zero-order chi connectivity index (χ0) is 21.6. The molecule has 1 aromatic heterocycles. The van der Waals surface area contributed by atoms with Gasteiger partial charge >= 0.3 is 5.97 Å². The average Bonchev–Trinajstić information content (AvgIpc) is 3.46. The molecule has 4 aromatic rings. The van der Waals surface area contributed by atoms with Crippen LogP contribution in [-0.2, 0) is 10.2 Å². The zero-order valence-electron chi connectivity index (χ0n) is 16.4. The van der Waals surface area contributed by atoms with Gasteiger partial charge in [0.1, 0.15) is 11.5 Å². The SMILES string of the molecule is O=C(O)c1[nH]c2ccc(F)cc2c1NC(=O)[C@H]1CC1(c1ccccc1)c1ccccc1. The third-order valence-corrected chi connectivity index (χ3v) is 6.08. The van der Waals surface area contributed by atoms with Crippen LogP contribution in [0.4, 0.5) is 10.1 Å². The summed E-state index contributed by atoms with van der Waals surface area (Å²) in [6, 6.07) is 23.6. The maximum absolute atomic E-state index is 13.8. The first-order valence-corrected chi connectivity index (χ1v) is 9.97. The first-order valence-electron chi connectivity index (χ1n) is 9.97. The Balaban J connectivity index is 1.54. The molecule has 1 aliphatic rings. The minimum atomic E-state index is -1.22. The topological polar surface area (TPSA) is 82.2 Å². The summed E-state index contributed by atoms with van der Waals surface area (Å²) in [5.41, 5.74) is 1.96. The molecule has 1 amide bonds. The maximum Gasteiger partial charge on any atom is 0.354 e. The number of hydrogen-bond acceptors (Lipinski definition) is 2. The number of H-pyrrole nitrogens is 1. The molecule has 5 rings (SSSR count). The van der Waals surface area contributed by atoms with Crippen molar-refractivity contribution in [3.8, 4) is 0 Å². The Hall–Kier alpha value is -3.93. The molecule has 0 unspecified atom stereocenters. The van der Waals surface area contributed by atoms with Gasteiger partial charge in [-0.05, 0) is 35.7 Å². The van der Waals surface area contributed by atoms with E-state index in [1.54, 1.807) is 0 Å². The molecular formula is C25H19FN2O3. The highest BCUT2D eigenvalue weighted by Gasteiger charge is 2.60. The van der Waals surface area contributed by atoms with Crippen molar-refractivity contribution in [2.45, 2.75) is 11.8 Å². The van der Waals surface area contributed by atoms with Crippen molar-refractivity contribution in [1.29, 1.82) is 0 Å². The fourth-order valence-electron chi connectivity index (χ4n) is 4.52. The lowest BCUT2D eigenvalue weighted by Crippen LogP contribution is -2.23. The van der Waals surface area contributed by atoms with E-state index in [2.05, 4.69) is 10.3 Å². The van der Waals surface area contributed by atoms with Gasteiger partial charge < -0.3 is 15.4 Å². The summed E-state index contributed by atoms with van der Waals surface area (Å²) in [5, 5.41) is 12.7. The Kier molecular flexibility index (Phi) is 4.36. The van der Waals surface area contributed by atoms with Crippen LogP contribution in [-0.4, -0.2) is 22.0 Å². The van der Waals surface area contributed by atoms with Gasteiger partial charge in [0.15, 0.2) is 0 Å². The number of nitrogens with one attached hydrogen (secondary N) is 2. The lowest BCUT2D eigenvalue weighted by atomic mass is 9.85. The predicted octanol–water partition coefficient (Wildman–Crippen LogP) is 4.95. The third kappa shape index (κ3) is 3.08. The second-order valence-electron chi connectivity index (χ2n) is 7.82. The molecule has 1 aliphatic carbocycles. The minimum Gasteiger partial charge on any atom is -0.477 e. The first kappa shape index (κ1) is 19.1. The van der Waals surface area contributed by atoms with Crippen LogP contribution >= 0.6 is 0 Å². The Bertz CT molecular complexity index is 1260. The number of hydrogen-bond donors (Lipinski definition) is 3. The third-order valence-electron chi connectivity index (χ3n) is 6.08. The van der Waals surface area contributed by atoms with E-state index in [1.165, 1.54) is 18.2 Å². The number of carbonyl (C=O) groups is 2. The molecule has 0 aliphatic heterocycles. The number of halogens is 1. The van der Waals surface area contributed by atoms with Crippen LogP contribution in [0.2, 0.25) is 0 Å². The smallest absolute Gasteiger partial charge is 0.354 e.